The highest BCUT2D eigenvalue weighted by molar-refractivity contribution is 8.35. The fourth-order valence-corrected chi connectivity index (χ4v) is 14.1. The Morgan fingerprint density at radius 1 is 0.641 bits per heavy atom. The molecule has 362 valence electrons. The summed E-state index contributed by atoms with van der Waals surface area (Å²) in [5.74, 6) is 1.45. The summed E-state index contributed by atoms with van der Waals surface area (Å²) in [7, 11) is 3.08. The Kier molecular flexibility index (Phi) is 29.0. The number of fused-ring (bicyclic) bond motifs is 1. The summed E-state index contributed by atoms with van der Waals surface area (Å²) in [5.41, 5.74) is 9.65. The van der Waals surface area contributed by atoms with Crippen molar-refractivity contribution in [2.45, 2.75) is 157 Å². The molecule has 0 radical (unpaired) electrons. The number of aromatic nitrogens is 1. The van der Waals surface area contributed by atoms with Gasteiger partial charge in [-0.05, 0) is 114 Å². The topological polar surface area (TPSA) is 17.4 Å². The molecule has 4 aromatic rings. The molecule has 1 aliphatic rings. The molecule has 0 bridgehead atoms. The Labute approximate surface area is 407 Å². The number of likely N-dealkylation sites (N-methyl/N-ethyl adjacent to an activating group) is 1. The smallest absolute Gasteiger partial charge is 0.0598 e. The lowest BCUT2D eigenvalue weighted by molar-refractivity contribution is -0.00471. The van der Waals surface area contributed by atoms with Crippen LogP contribution in [0.2, 0.25) is 0 Å². The van der Waals surface area contributed by atoms with Crippen molar-refractivity contribution in [3.63, 3.8) is 0 Å². The third-order valence-corrected chi connectivity index (χ3v) is 18.8. The van der Waals surface area contributed by atoms with Crippen molar-refractivity contribution in [1.29, 1.82) is 0 Å². The van der Waals surface area contributed by atoms with Gasteiger partial charge in [0, 0.05) is 65.6 Å². The number of allylic oxidation sites excluding steroid dienone is 3. The zero-order valence-corrected chi connectivity index (χ0v) is 46.8. The van der Waals surface area contributed by atoms with Crippen LogP contribution in [0.5, 0.6) is 0 Å². The molecule has 0 spiro atoms. The van der Waals surface area contributed by atoms with E-state index in [1.165, 1.54) is 76.8 Å². The molecule has 0 amide bonds. The first-order valence-corrected chi connectivity index (χ1v) is 28.0. The van der Waals surface area contributed by atoms with Gasteiger partial charge in [-0.25, -0.2) is 10.0 Å². The molecule has 0 aliphatic carbocycles. The zero-order chi connectivity index (χ0) is 49.3. The minimum Gasteiger partial charge on any atom is -0.376 e. The minimum atomic E-state index is -1.52. The molecule has 5 rings (SSSR count). The van der Waals surface area contributed by atoms with Crippen LogP contribution in [0.3, 0.4) is 0 Å². The van der Waals surface area contributed by atoms with Crippen molar-refractivity contribution in [2.24, 2.45) is 13.0 Å². The summed E-state index contributed by atoms with van der Waals surface area (Å²) in [6.07, 6.45) is 20.8. The van der Waals surface area contributed by atoms with E-state index in [2.05, 4.69) is 225 Å². The maximum atomic E-state index is 6.14. The average Bonchev–Trinajstić information content (AvgIpc) is 3.66. The molecular formula is C58H94Cl2N2OS. The summed E-state index contributed by atoms with van der Waals surface area (Å²) in [6.45, 7) is 34.5. The maximum Gasteiger partial charge on any atom is 0.0598 e. The Bertz CT molecular complexity index is 1940. The van der Waals surface area contributed by atoms with E-state index >= 15 is 0 Å². The number of benzene rings is 3. The highest BCUT2D eigenvalue weighted by Crippen LogP contribution is 2.75. The van der Waals surface area contributed by atoms with Crippen LogP contribution < -0.4 is 0 Å². The molecule has 0 N–H and O–H groups in total. The Balaban J connectivity index is 0.00000370. The van der Waals surface area contributed by atoms with Gasteiger partial charge >= 0.3 is 0 Å². The number of hydrogen-bond acceptors (Lipinski definition) is 2. The van der Waals surface area contributed by atoms with E-state index in [1.807, 2.05) is 41.5 Å². The molecule has 0 saturated heterocycles. The van der Waals surface area contributed by atoms with Gasteiger partial charge in [0.1, 0.15) is 0 Å². The molecule has 0 saturated carbocycles. The second-order valence-corrected chi connectivity index (χ2v) is 22.0. The molecule has 1 aromatic heterocycles. The van der Waals surface area contributed by atoms with Gasteiger partial charge in [0.05, 0.1) is 11.3 Å². The first-order chi connectivity index (χ1) is 30.6. The van der Waals surface area contributed by atoms with Crippen LogP contribution in [0.25, 0.3) is 27.9 Å². The van der Waals surface area contributed by atoms with E-state index in [4.69, 9.17) is 4.74 Å². The highest BCUT2D eigenvalue weighted by Gasteiger charge is 2.54. The monoisotopic (exact) mass is 937 g/mol. The lowest BCUT2D eigenvalue weighted by Gasteiger charge is -2.63. The fourth-order valence-electron chi connectivity index (χ4n) is 9.16. The predicted molar refractivity (Wildman–Crippen MR) is 298 cm³/mol. The van der Waals surface area contributed by atoms with Crippen LogP contribution in [0.15, 0.2) is 115 Å². The van der Waals surface area contributed by atoms with Crippen LogP contribution in [0.1, 0.15) is 147 Å². The average molecular weight is 938 g/mol. The van der Waals surface area contributed by atoms with Crippen molar-refractivity contribution in [3.8, 4) is 11.3 Å². The standard InChI is InChI=1S/C50H70N2OS.3C2H6.2CH3Cl/c1-13-50(9,44-38(2)28-22-23-29-39(3)51(10)46(44)40-30-18-16-19-31-40)54(12,37-27-15-14-26-36-53-48(4,5)6)49(7,8)45-42-34-24-25-35-43(42)52(11)47(45)41-32-20-17-21-33-41;5*1-2/h16-25,28-35,38-39H,13-15,26-27,36-37H2,1-12H3;3*1-2H3;2*1H3/b28-22-,29-23-,46-44+;;;;;. The molecule has 3 aromatic carbocycles. The van der Waals surface area contributed by atoms with E-state index in [-0.39, 0.29) is 27.1 Å². The number of nitrogens with zero attached hydrogens (tertiary/aromatic N) is 2. The van der Waals surface area contributed by atoms with Gasteiger partial charge in [0.2, 0.25) is 0 Å². The van der Waals surface area contributed by atoms with Crippen LogP contribution in [-0.2, 0) is 16.5 Å². The van der Waals surface area contributed by atoms with Crippen LogP contribution in [0, 0.1) is 5.92 Å². The second-order valence-electron chi connectivity index (χ2n) is 17.5. The van der Waals surface area contributed by atoms with Gasteiger partial charge in [-0.15, -0.1) is 23.2 Å². The number of halogens is 2. The summed E-state index contributed by atoms with van der Waals surface area (Å²) in [5, 5.41) is 1.38. The van der Waals surface area contributed by atoms with E-state index < -0.39 is 10.0 Å². The largest absolute Gasteiger partial charge is 0.376 e. The highest BCUT2D eigenvalue weighted by atomic mass is 35.5. The molecule has 4 unspecified atom stereocenters. The third-order valence-electron chi connectivity index (χ3n) is 12.7. The van der Waals surface area contributed by atoms with Gasteiger partial charge in [-0.2, -0.15) is 0 Å². The van der Waals surface area contributed by atoms with Gasteiger partial charge in [-0.3, -0.25) is 0 Å². The van der Waals surface area contributed by atoms with Gasteiger partial charge < -0.3 is 14.2 Å². The molecule has 64 heavy (non-hydrogen) atoms. The molecule has 1 aliphatic heterocycles. The fraction of sp³-hybridized carbons (Fsp3) is 0.552. The summed E-state index contributed by atoms with van der Waals surface area (Å²) >= 11 is 9.28. The minimum absolute atomic E-state index is 0.0867. The van der Waals surface area contributed by atoms with Crippen LogP contribution in [-0.4, -0.2) is 64.3 Å². The number of ether oxygens (including phenoxy) is 1. The number of hydrogen-bond donors (Lipinski definition) is 0. The Morgan fingerprint density at radius 2 is 1.12 bits per heavy atom. The van der Waals surface area contributed by atoms with E-state index in [0.717, 1.165) is 19.4 Å². The predicted octanol–water partition coefficient (Wildman–Crippen LogP) is 18.3. The molecule has 3 nitrogen and oxygen atoms in total. The number of unbranched alkanes of at least 4 members (excludes halogenated alkanes) is 3. The lowest BCUT2D eigenvalue weighted by Crippen LogP contribution is -2.47. The van der Waals surface area contributed by atoms with Gasteiger partial charge in [0.25, 0.3) is 0 Å². The molecule has 4 atom stereocenters. The van der Waals surface area contributed by atoms with Crippen molar-refractivity contribution in [1.82, 2.24) is 9.47 Å². The van der Waals surface area contributed by atoms with Crippen LogP contribution in [0.4, 0.5) is 0 Å². The van der Waals surface area contributed by atoms with E-state index in [9.17, 15) is 0 Å². The molecule has 6 heteroatoms. The summed E-state index contributed by atoms with van der Waals surface area (Å²) < 4.78 is 8.35. The van der Waals surface area contributed by atoms with Crippen molar-refractivity contribution in [2.75, 3.05) is 38.4 Å². The Hall–Kier alpha value is -2.89. The number of aryl methyl sites for hydroxylation is 1. The number of rotatable bonds is 14. The van der Waals surface area contributed by atoms with Crippen molar-refractivity contribution in [3.05, 3.63) is 126 Å². The summed E-state index contributed by atoms with van der Waals surface area (Å²) in [6, 6.07) is 31.8. The quantitative estimate of drug-likeness (QED) is 0.0926. The molecule has 0 fully saturated rings. The van der Waals surface area contributed by atoms with Crippen LogP contribution >= 0.6 is 33.2 Å². The summed E-state index contributed by atoms with van der Waals surface area (Å²) in [4.78, 5) is 2.56. The maximum absolute atomic E-state index is 6.14. The van der Waals surface area contributed by atoms with E-state index in [0.29, 0.717) is 0 Å². The first-order valence-electron chi connectivity index (χ1n) is 24.2. The first kappa shape index (κ1) is 61.1. The molecule has 2 heterocycles. The van der Waals surface area contributed by atoms with Crippen molar-refractivity contribution < 1.29 is 4.74 Å². The molecular weight excluding hydrogens is 844 g/mol. The normalized spacial score (nSPS) is 19.4. The zero-order valence-electron chi connectivity index (χ0n) is 44.5. The Morgan fingerprint density at radius 3 is 1.66 bits per heavy atom. The van der Waals surface area contributed by atoms with Gasteiger partial charge in [-0.1, -0.05) is 171 Å². The van der Waals surface area contributed by atoms with E-state index in [1.54, 1.807) is 5.57 Å². The third kappa shape index (κ3) is 14.8. The SMILES string of the molecule is CC.CC.CC.CCC(C)(/C1=C(\c2ccccc2)N(C)C(C)/C=C\C=C/C1C)S(C)(CCCCCCOC(C)(C)C)C(C)(C)c1c(-c2ccccc2)n(C)c2ccccc12.CCl.CCl. The number of alkyl halides is 2. The van der Waals surface area contributed by atoms with Crippen molar-refractivity contribution >= 4 is 49.8 Å². The lowest BCUT2D eigenvalue weighted by atomic mass is 9.83. The van der Waals surface area contributed by atoms with Gasteiger partial charge in [0.15, 0.2) is 0 Å². The second kappa shape index (κ2) is 30.4. The number of para-hydroxylation sites is 1.